The van der Waals surface area contributed by atoms with Crippen molar-refractivity contribution in [3.05, 3.63) is 17.5 Å². The molecule has 1 aromatic rings. The normalized spacial score (nSPS) is 11.0. The molecule has 1 N–H and O–H groups in total. The summed E-state index contributed by atoms with van der Waals surface area (Å²) in [5, 5.41) is 3.25. The van der Waals surface area contributed by atoms with Crippen LogP contribution in [-0.2, 0) is 11.3 Å². The van der Waals surface area contributed by atoms with Crippen molar-refractivity contribution < 1.29 is 9.47 Å². The number of aromatic nitrogens is 2. The van der Waals surface area contributed by atoms with Gasteiger partial charge < -0.3 is 14.8 Å². The van der Waals surface area contributed by atoms with E-state index in [2.05, 4.69) is 36.1 Å². The Morgan fingerprint density at radius 1 is 1.32 bits per heavy atom. The number of hydrogen-bond donors (Lipinski definition) is 1. The molecule has 0 spiro atoms. The number of hydrogen-bond acceptors (Lipinski definition) is 5. The van der Waals surface area contributed by atoms with E-state index in [0.29, 0.717) is 25.1 Å². The monoisotopic (exact) mass is 267 g/mol. The quantitative estimate of drug-likeness (QED) is 0.693. The van der Waals surface area contributed by atoms with Crippen LogP contribution in [0.2, 0.25) is 0 Å². The molecule has 5 nitrogen and oxygen atoms in total. The number of aryl methyl sites for hydroxylation is 1. The highest BCUT2D eigenvalue weighted by Gasteiger charge is 2.04. The van der Waals surface area contributed by atoms with Crippen molar-refractivity contribution in [1.29, 1.82) is 0 Å². The van der Waals surface area contributed by atoms with Gasteiger partial charge >= 0.3 is 6.01 Å². The van der Waals surface area contributed by atoms with Gasteiger partial charge in [0.25, 0.3) is 0 Å². The van der Waals surface area contributed by atoms with E-state index in [0.717, 1.165) is 31.0 Å². The second-order valence-electron chi connectivity index (χ2n) is 4.86. The number of rotatable bonds is 9. The number of ether oxygens (including phenoxy) is 2. The van der Waals surface area contributed by atoms with Crippen LogP contribution in [-0.4, -0.2) is 36.3 Å². The molecule has 0 bridgehead atoms. The largest absolute Gasteiger partial charge is 0.461 e. The molecule has 108 valence electrons. The zero-order valence-electron chi connectivity index (χ0n) is 12.4. The molecule has 19 heavy (non-hydrogen) atoms. The summed E-state index contributed by atoms with van der Waals surface area (Å²) in [5.74, 6) is 0.545. The second kappa shape index (κ2) is 8.82. The van der Waals surface area contributed by atoms with Gasteiger partial charge in [-0.15, -0.1) is 0 Å². The van der Waals surface area contributed by atoms with Crippen molar-refractivity contribution in [3.8, 4) is 6.01 Å². The van der Waals surface area contributed by atoms with Gasteiger partial charge in [-0.3, -0.25) is 0 Å². The van der Waals surface area contributed by atoms with E-state index in [1.54, 1.807) is 0 Å². The zero-order chi connectivity index (χ0) is 14.1. The molecule has 1 heterocycles. The van der Waals surface area contributed by atoms with E-state index in [9.17, 15) is 0 Å². The first kappa shape index (κ1) is 15.9. The SMILES string of the molecule is CCNCc1cnc(OCCOCC(C)C)nc1C. The molecular weight excluding hydrogens is 242 g/mol. The van der Waals surface area contributed by atoms with Gasteiger partial charge in [-0.25, -0.2) is 9.97 Å². The molecule has 1 aromatic heterocycles. The summed E-state index contributed by atoms with van der Waals surface area (Å²) in [6.45, 7) is 11.8. The van der Waals surface area contributed by atoms with Gasteiger partial charge in [0.15, 0.2) is 0 Å². The third-order valence-corrected chi connectivity index (χ3v) is 2.53. The van der Waals surface area contributed by atoms with Crippen molar-refractivity contribution in [1.82, 2.24) is 15.3 Å². The first-order valence-electron chi connectivity index (χ1n) is 6.87. The predicted molar refractivity (Wildman–Crippen MR) is 75.3 cm³/mol. The molecule has 0 fully saturated rings. The first-order chi connectivity index (χ1) is 9.13. The van der Waals surface area contributed by atoms with Crippen LogP contribution in [0.1, 0.15) is 32.0 Å². The average Bonchev–Trinajstić information content (AvgIpc) is 2.37. The molecule has 0 amide bonds. The minimum absolute atomic E-state index is 0.422. The van der Waals surface area contributed by atoms with E-state index in [4.69, 9.17) is 9.47 Å². The highest BCUT2D eigenvalue weighted by atomic mass is 16.5. The third-order valence-electron chi connectivity index (χ3n) is 2.53. The summed E-state index contributed by atoms with van der Waals surface area (Å²) in [4.78, 5) is 8.53. The fourth-order valence-electron chi connectivity index (χ4n) is 1.48. The maximum absolute atomic E-state index is 5.46. The lowest BCUT2D eigenvalue weighted by atomic mass is 10.2. The predicted octanol–water partition coefficient (Wildman–Crippen LogP) is 1.95. The summed E-state index contributed by atoms with van der Waals surface area (Å²) in [5.41, 5.74) is 2.05. The van der Waals surface area contributed by atoms with E-state index in [-0.39, 0.29) is 0 Å². The third kappa shape index (κ3) is 6.50. The molecule has 0 atom stereocenters. The summed E-state index contributed by atoms with van der Waals surface area (Å²) >= 11 is 0. The molecule has 0 aliphatic rings. The topological polar surface area (TPSA) is 56.3 Å². The van der Waals surface area contributed by atoms with Crippen LogP contribution in [0.15, 0.2) is 6.20 Å². The van der Waals surface area contributed by atoms with Crippen molar-refractivity contribution in [3.63, 3.8) is 0 Å². The maximum atomic E-state index is 5.46. The molecule has 0 aromatic carbocycles. The highest BCUT2D eigenvalue weighted by molar-refractivity contribution is 5.17. The minimum Gasteiger partial charge on any atom is -0.461 e. The van der Waals surface area contributed by atoms with Crippen LogP contribution in [0.4, 0.5) is 0 Å². The molecule has 0 aliphatic carbocycles. The van der Waals surface area contributed by atoms with Gasteiger partial charge in [-0.05, 0) is 19.4 Å². The molecule has 0 saturated carbocycles. The Kier molecular flexibility index (Phi) is 7.36. The zero-order valence-corrected chi connectivity index (χ0v) is 12.4. The maximum Gasteiger partial charge on any atom is 0.316 e. The van der Waals surface area contributed by atoms with E-state index >= 15 is 0 Å². The Morgan fingerprint density at radius 2 is 2.11 bits per heavy atom. The lowest BCUT2D eigenvalue weighted by molar-refractivity contribution is 0.0791. The van der Waals surface area contributed by atoms with Crippen LogP contribution in [0, 0.1) is 12.8 Å². The van der Waals surface area contributed by atoms with Gasteiger partial charge in [-0.1, -0.05) is 20.8 Å². The Bertz CT molecular complexity index is 370. The Hall–Kier alpha value is -1.20. The van der Waals surface area contributed by atoms with Gasteiger partial charge in [0.2, 0.25) is 0 Å². The minimum atomic E-state index is 0.422. The summed E-state index contributed by atoms with van der Waals surface area (Å²) in [6.07, 6.45) is 1.81. The van der Waals surface area contributed by atoms with Crippen molar-refractivity contribution >= 4 is 0 Å². The molecule has 0 aliphatic heterocycles. The first-order valence-corrected chi connectivity index (χ1v) is 6.87. The fraction of sp³-hybridized carbons (Fsp3) is 0.714. The standard InChI is InChI=1S/C14H25N3O2/c1-5-15-8-13-9-16-14(17-12(13)4)19-7-6-18-10-11(2)3/h9,11,15H,5-8,10H2,1-4H3. The van der Waals surface area contributed by atoms with Crippen molar-refractivity contribution in [2.45, 2.75) is 34.2 Å². The summed E-state index contributed by atoms with van der Waals surface area (Å²) in [6, 6.07) is 0.422. The Balaban J connectivity index is 2.32. The van der Waals surface area contributed by atoms with Gasteiger partial charge in [0, 0.05) is 30.6 Å². The molecule has 5 heteroatoms. The number of nitrogens with zero attached hydrogens (tertiary/aromatic N) is 2. The van der Waals surface area contributed by atoms with Gasteiger partial charge in [0.05, 0.1) is 6.61 Å². The summed E-state index contributed by atoms with van der Waals surface area (Å²) in [7, 11) is 0. The van der Waals surface area contributed by atoms with Crippen LogP contribution in [0.3, 0.4) is 0 Å². The van der Waals surface area contributed by atoms with E-state index in [1.807, 2.05) is 13.1 Å². The lowest BCUT2D eigenvalue weighted by Gasteiger charge is -2.09. The van der Waals surface area contributed by atoms with E-state index < -0.39 is 0 Å². The molecular formula is C14H25N3O2. The van der Waals surface area contributed by atoms with Crippen molar-refractivity contribution in [2.24, 2.45) is 5.92 Å². The molecule has 0 unspecified atom stereocenters. The molecule has 0 saturated heterocycles. The summed E-state index contributed by atoms with van der Waals surface area (Å²) < 4.78 is 10.9. The smallest absolute Gasteiger partial charge is 0.316 e. The fourth-order valence-corrected chi connectivity index (χ4v) is 1.48. The second-order valence-corrected chi connectivity index (χ2v) is 4.86. The van der Waals surface area contributed by atoms with Gasteiger partial charge in [-0.2, -0.15) is 0 Å². The Labute approximate surface area is 115 Å². The van der Waals surface area contributed by atoms with Crippen LogP contribution in [0.5, 0.6) is 6.01 Å². The highest BCUT2D eigenvalue weighted by Crippen LogP contribution is 2.08. The van der Waals surface area contributed by atoms with Crippen LogP contribution < -0.4 is 10.1 Å². The van der Waals surface area contributed by atoms with Crippen molar-refractivity contribution in [2.75, 3.05) is 26.4 Å². The van der Waals surface area contributed by atoms with Crippen LogP contribution >= 0.6 is 0 Å². The Morgan fingerprint density at radius 3 is 2.74 bits per heavy atom. The van der Waals surface area contributed by atoms with Gasteiger partial charge in [0.1, 0.15) is 6.61 Å². The van der Waals surface area contributed by atoms with Crippen LogP contribution in [0.25, 0.3) is 0 Å². The average molecular weight is 267 g/mol. The lowest BCUT2D eigenvalue weighted by Crippen LogP contribution is -2.15. The number of nitrogens with one attached hydrogen (secondary N) is 1. The van der Waals surface area contributed by atoms with E-state index in [1.165, 1.54) is 0 Å². The molecule has 0 radical (unpaired) electrons. The molecule has 1 rings (SSSR count).